The van der Waals surface area contributed by atoms with E-state index in [-0.39, 0.29) is 22.9 Å². The molecule has 0 spiro atoms. The maximum atomic E-state index is 13.6. The van der Waals surface area contributed by atoms with E-state index in [0.29, 0.717) is 33.8 Å². The molecular weight excluding hydrogens is 570 g/mol. The molecule has 0 bridgehead atoms. The second-order valence-electron chi connectivity index (χ2n) is 11.2. The average molecular weight is 603 g/mol. The van der Waals surface area contributed by atoms with Gasteiger partial charge in [-0.15, -0.1) is 0 Å². The molecule has 0 fully saturated rings. The van der Waals surface area contributed by atoms with E-state index in [9.17, 15) is 26.3 Å². The lowest BCUT2D eigenvalue weighted by Gasteiger charge is -2.29. The highest BCUT2D eigenvalue weighted by atomic mass is 19.4. The molecule has 0 amide bonds. The van der Waals surface area contributed by atoms with E-state index in [0.717, 1.165) is 23.3 Å². The van der Waals surface area contributed by atoms with Crippen molar-refractivity contribution >= 4 is 11.4 Å². The molecule has 0 unspecified atom stereocenters. The van der Waals surface area contributed by atoms with Crippen molar-refractivity contribution in [3.8, 4) is 23.0 Å². The molecule has 0 atom stereocenters. The van der Waals surface area contributed by atoms with Crippen LogP contribution < -0.4 is 20.9 Å². The smallest absolute Gasteiger partial charge is 0.420 e. The first-order valence-corrected chi connectivity index (χ1v) is 13.3. The molecule has 0 aliphatic heterocycles. The molecule has 228 valence electrons. The molecule has 0 radical (unpaired) electrons. The summed E-state index contributed by atoms with van der Waals surface area (Å²) in [6.45, 7) is 11.0. The van der Waals surface area contributed by atoms with Crippen LogP contribution in [0.25, 0.3) is 0 Å². The summed E-state index contributed by atoms with van der Waals surface area (Å²) in [5, 5.41) is 0. The van der Waals surface area contributed by atoms with E-state index in [1.807, 2.05) is 38.1 Å². The summed E-state index contributed by atoms with van der Waals surface area (Å²) in [6, 6.07) is 14.2. The molecule has 10 heteroatoms. The van der Waals surface area contributed by atoms with Crippen molar-refractivity contribution in [2.24, 2.45) is 0 Å². The molecule has 43 heavy (non-hydrogen) atoms. The fourth-order valence-corrected chi connectivity index (χ4v) is 5.05. The Hall–Kier alpha value is -4.34. The van der Waals surface area contributed by atoms with Crippen LogP contribution in [-0.2, 0) is 17.8 Å². The maximum absolute atomic E-state index is 13.6. The third-order valence-electron chi connectivity index (χ3n) is 7.41. The second-order valence-corrected chi connectivity index (χ2v) is 11.2. The number of rotatable bonds is 6. The fourth-order valence-electron chi connectivity index (χ4n) is 5.05. The lowest BCUT2D eigenvalue weighted by atomic mass is 9.76. The van der Waals surface area contributed by atoms with Gasteiger partial charge in [0.25, 0.3) is 0 Å². The summed E-state index contributed by atoms with van der Waals surface area (Å²) >= 11 is 0. The van der Waals surface area contributed by atoms with Crippen molar-refractivity contribution in [1.29, 1.82) is 0 Å². The van der Waals surface area contributed by atoms with Gasteiger partial charge in [-0.05, 0) is 97.5 Å². The number of halogens is 6. The number of anilines is 2. The van der Waals surface area contributed by atoms with E-state index >= 15 is 0 Å². The van der Waals surface area contributed by atoms with Gasteiger partial charge in [0.15, 0.2) is 0 Å². The molecule has 4 aromatic carbocycles. The van der Waals surface area contributed by atoms with Crippen LogP contribution in [0.15, 0.2) is 60.7 Å². The van der Waals surface area contributed by atoms with Crippen LogP contribution in [0.4, 0.5) is 37.7 Å². The molecule has 4 N–H and O–H groups in total. The first-order valence-electron chi connectivity index (χ1n) is 13.3. The van der Waals surface area contributed by atoms with Crippen molar-refractivity contribution in [3.05, 3.63) is 105 Å². The topological polar surface area (TPSA) is 70.5 Å². The fraction of sp³-hybridized carbons (Fsp3) is 0.273. The summed E-state index contributed by atoms with van der Waals surface area (Å²) in [6.07, 6.45) is -9.30. The van der Waals surface area contributed by atoms with Gasteiger partial charge < -0.3 is 20.9 Å². The Morgan fingerprint density at radius 2 is 0.814 bits per heavy atom. The third-order valence-corrected chi connectivity index (χ3v) is 7.41. The minimum absolute atomic E-state index is 0.0264. The van der Waals surface area contributed by atoms with Crippen molar-refractivity contribution < 1.29 is 35.8 Å². The number of nitrogens with two attached hydrogens (primary N) is 2. The number of hydrogen-bond donors (Lipinski definition) is 2. The molecule has 0 aliphatic carbocycles. The summed E-state index contributed by atoms with van der Waals surface area (Å²) < 4.78 is 93.5. The van der Waals surface area contributed by atoms with Gasteiger partial charge in [-0.3, -0.25) is 0 Å². The van der Waals surface area contributed by atoms with Gasteiger partial charge in [0, 0.05) is 16.8 Å². The number of aryl methyl sites for hydroxylation is 4. The van der Waals surface area contributed by atoms with Crippen LogP contribution in [0.3, 0.4) is 0 Å². The quantitative estimate of drug-likeness (QED) is 0.170. The first-order chi connectivity index (χ1) is 19.8. The number of benzene rings is 4. The predicted molar refractivity (Wildman–Crippen MR) is 156 cm³/mol. The van der Waals surface area contributed by atoms with Crippen LogP contribution in [0.1, 0.15) is 58.4 Å². The minimum atomic E-state index is -4.65. The molecular formula is C33H32F6N2O2. The second kappa shape index (κ2) is 11.1. The molecule has 0 aromatic heterocycles. The van der Waals surface area contributed by atoms with Crippen LogP contribution >= 0.6 is 0 Å². The van der Waals surface area contributed by atoms with Crippen LogP contribution in [0.5, 0.6) is 23.0 Å². The molecule has 0 heterocycles. The van der Waals surface area contributed by atoms with E-state index in [2.05, 4.69) is 0 Å². The Morgan fingerprint density at radius 1 is 0.512 bits per heavy atom. The Kier molecular flexibility index (Phi) is 8.12. The minimum Gasteiger partial charge on any atom is -0.456 e. The zero-order chi connectivity index (χ0) is 32.1. The lowest BCUT2D eigenvalue weighted by Crippen LogP contribution is -2.20. The van der Waals surface area contributed by atoms with Gasteiger partial charge in [0.05, 0.1) is 0 Å². The molecule has 0 aliphatic rings. The van der Waals surface area contributed by atoms with Gasteiger partial charge in [0.1, 0.15) is 34.1 Å². The highest BCUT2D eigenvalue weighted by molar-refractivity contribution is 5.56. The Morgan fingerprint density at radius 3 is 1.09 bits per heavy atom. The average Bonchev–Trinajstić information content (AvgIpc) is 2.88. The monoisotopic (exact) mass is 602 g/mol. The lowest BCUT2D eigenvalue weighted by molar-refractivity contribution is -0.139. The molecule has 0 saturated carbocycles. The van der Waals surface area contributed by atoms with Crippen molar-refractivity contribution in [1.82, 2.24) is 0 Å². The first kappa shape index (κ1) is 31.6. The summed E-state index contributed by atoms with van der Waals surface area (Å²) in [5.74, 6) is -0.0992. The van der Waals surface area contributed by atoms with Crippen LogP contribution in [0.2, 0.25) is 0 Å². The molecule has 4 rings (SSSR count). The zero-order valence-electron chi connectivity index (χ0n) is 24.5. The van der Waals surface area contributed by atoms with E-state index in [1.165, 1.54) is 24.3 Å². The van der Waals surface area contributed by atoms with Gasteiger partial charge in [-0.25, -0.2) is 0 Å². The third kappa shape index (κ3) is 6.53. The summed E-state index contributed by atoms with van der Waals surface area (Å²) in [5.41, 5.74) is 12.8. The summed E-state index contributed by atoms with van der Waals surface area (Å²) in [7, 11) is 0. The number of alkyl halides is 6. The van der Waals surface area contributed by atoms with Gasteiger partial charge in [-0.2, -0.15) is 26.3 Å². The van der Waals surface area contributed by atoms with Crippen LogP contribution in [-0.4, -0.2) is 0 Å². The van der Waals surface area contributed by atoms with Crippen molar-refractivity contribution in [3.63, 3.8) is 0 Å². The summed E-state index contributed by atoms with van der Waals surface area (Å²) in [4.78, 5) is 0. The SMILES string of the molecule is Cc1cc(C(C)(C)c2cc(C)c(Oc3ccc(N)cc3C(F)(F)F)c(C)c2)cc(C)c1Oc1ccc(N)cc1C(F)(F)F. The Balaban J connectivity index is 1.69. The van der Waals surface area contributed by atoms with Crippen molar-refractivity contribution in [2.45, 2.75) is 59.3 Å². The highest BCUT2D eigenvalue weighted by Gasteiger charge is 2.36. The zero-order valence-corrected chi connectivity index (χ0v) is 24.5. The van der Waals surface area contributed by atoms with E-state index in [4.69, 9.17) is 20.9 Å². The molecule has 4 aromatic rings. The Bertz CT molecular complexity index is 1520. The highest BCUT2D eigenvalue weighted by Crippen LogP contribution is 2.44. The maximum Gasteiger partial charge on any atom is 0.420 e. The van der Waals surface area contributed by atoms with Gasteiger partial charge in [-0.1, -0.05) is 38.1 Å². The molecule has 4 nitrogen and oxygen atoms in total. The van der Waals surface area contributed by atoms with Crippen molar-refractivity contribution in [2.75, 3.05) is 11.5 Å². The normalized spacial score (nSPS) is 12.4. The number of ether oxygens (including phenoxy) is 2. The standard InChI is InChI=1S/C33H32F6N2O2/c1-17-11-21(12-18(2)29(17)42-27-9-7-23(40)15-25(27)32(34,35)36)31(5,6)22-13-19(3)30(20(4)14-22)43-28-10-8-24(41)16-26(28)33(37,38)39/h7-16H,40-41H2,1-6H3. The van der Waals surface area contributed by atoms with Crippen LogP contribution in [0, 0.1) is 27.7 Å². The number of hydrogen-bond acceptors (Lipinski definition) is 4. The van der Waals surface area contributed by atoms with Gasteiger partial charge >= 0.3 is 12.4 Å². The van der Waals surface area contributed by atoms with E-state index in [1.54, 1.807) is 27.7 Å². The molecule has 0 saturated heterocycles. The van der Waals surface area contributed by atoms with Gasteiger partial charge in [0.2, 0.25) is 0 Å². The Labute approximate surface area is 246 Å². The predicted octanol–water partition coefficient (Wildman–Crippen LogP) is 10.0. The largest absolute Gasteiger partial charge is 0.456 e. The number of nitrogen functional groups attached to an aromatic ring is 2. The van der Waals surface area contributed by atoms with E-state index < -0.39 is 28.9 Å².